The minimum atomic E-state index is -0.685. The minimum absolute atomic E-state index is 0.104. The summed E-state index contributed by atoms with van der Waals surface area (Å²) in [5.41, 5.74) is -1.17. The van der Waals surface area contributed by atoms with Crippen molar-refractivity contribution < 1.29 is 19.7 Å². The largest absolute Gasteiger partial charge is 0.444 e. The first-order valence-electron chi connectivity index (χ1n) is 9.68. The maximum absolute atomic E-state index is 12.6. The van der Waals surface area contributed by atoms with Gasteiger partial charge in [0.25, 0.3) is 0 Å². The van der Waals surface area contributed by atoms with Gasteiger partial charge in [0.15, 0.2) is 0 Å². The second kappa shape index (κ2) is 8.23. The zero-order valence-electron chi connectivity index (χ0n) is 16.3. The van der Waals surface area contributed by atoms with E-state index in [0.29, 0.717) is 5.92 Å². The summed E-state index contributed by atoms with van der Waals surface area (Å²) in [6, 6.07) is 0.375. The van der Waals surface area contributed by atoms with Crippen LogP contribution in [0, 0.1) is 5.92 Å². The molecule has 25 heavy (non-hydrogen) atoms. The quantitative estimate of drug-likeness (QED) is 0.704. The van der Waals surface area contributed by atoms with Crippen LogP contribution in [-0.2, 0) is 4.74 Å². The summed E-state index contributed by atoms with van der Waals surface area (Å²) in [7, 11) is 0. The normalized spacial score (nSPS) is 28.2. The van der Waals surface area contributed by atoms with Crippen LogP contribution in [0.4, 0.5) is 4.79 Å². The van der Waals surface area contributed by atoms with E-state index >= 15 is 0 Å². The molecular formula is C19H36N2O4. The Hall–Kier alpha value is -0.850. The van der Waals surface area contributed by atoms with Gasteiger partial charge in [-0.25, -0.2) is 4.79 Å². The number of likely N-dealkylation sites (tertiary alicyclic amines) is 1. The first-order chi connectivity index (χ1) is 11.7. The highest BCUT2D eigenvalue weighted by Gasteiger charge is 2.42. The number of hydrogen-bond donors (Lipinski definition) is 3. The number of nitrogens with zero attached hydrogens (tertiary/aromatic N) is 1. The van der Waals surface area contributed by atoms with Crippen molar-refractivity contribution in [1.29, 1.82) is 0 Å². The van der Waals surface area contributed by atoms with Gasteiger partial charge in [0, 0.05) is 18.6 Å². The molecule has 0 aromatic carbocycles. The van der Waals surface area contributed by atoms with Gasteiger partial charge in [-0.1, -0.05) is 12.8 Å². The van der Waals surface area contributed by atoms with Gasteiger partial charge in [0.2, 0.25) is 0 Å². The van der Waals surface area contributed by atoms with Gasteiger partial charge in [-0.2, -0.15) is 0 Å². The number of hydrogen-bond acceptors (Lipinski definition) is 5. The average Bonchev–Trinajstić information content (AvgIpc) is 3.03. The Morgan fingerprint density at radius 3 is 2.32 bits per heavy atom. The monoisotopic (exact) mass is 356 g/mol. The molecule has 1 saturated carbocycles. The molecule has 6 nitrogen and oxygen atoms in total. The highest BCUT2D eigenvalue weighted by Crippen LogP contribution is 2.36. The molecule has 1 aliphatic carbocycles. The maximum Gasteiger partial charge on any atom is 0.410 e. The summed E-state index contributed by atoms with van der Waals surface area (Å²) in [6.45, 7) is 8.08. The Balaban J connectivity index is 2.11. The van der Waals surface area contributed by atoms with E-state index in [9.17, 15) is 15.0 Å². The lowest BCUT2D eigenvalue weighted by Crippen LogP contribution is -2.59. The fourth-order valence-corrected chi connectivity index (χ4v) is 4.17. The van der Waals surface area contributed by atoms with Crippen LogP contribution in [-0.4, -0.2) is 64.2 Å². The number of carbonyl (C=O) groups is 1. The van der Waals surface area contributed by atoms with Gasteiger partial charge in [0.1, 0.15) is 5.60 Å². The first kappa shape index (κ1) is 20.5. The molecule has 3 unspecified atom stereocenters. The van der Waals surface area contributed by atoms with E-state index in [1.54, 1.807) is 0 Å². The summed E-state index contributed by atoms with van der Waals surface area (Å²) in [5, 5.41) is 22.7. The molecule has 0 radical (unpaired) electrons. The van der Waals surface area contributed by atoms with Crippen molar-refractivity contribution in [2.45, 2.75) is 89.4 Å². The van der Waals surface area contributed by atoms with Crippen LogP contribution in [0.15, 0.2) is 0 Å². The Labute approximate surface area is 151 Å². The molecule has 0 spiro atoms. The summed E-state index contributed by atoms with van der Waals surface area (Å²) in [4.78, 5) is 14.5. The molecule has 1 saturated heterocycles. The van der Waals surface area contributed by atoms with E-state index in [1.165, 1.54) is 0 Å². The molecule has 1 heterocycles. The first-order valence-corrected chi connectivity index (χ1v) is 9.68. The molecule has 6 heteroatoms. The van der Waals surface area contributed by atoms with Gasteiger partial charge >= 0.3 is 6.09 Å². The lowest BCUT2D eigenvalue weighted by atomic mass is 9.78. The van der Waals surface area contributed by atoms with Crippen LogP contribution >= 0.6 is 0 Å². The van der Waals surface area contributed by atoms with Gasteiger partial charge in [0.05, 0.1) is 18.8 Å². The number of nitrogens with one attached hydrogen (secondary N) is 1. The number of rotatable bonds is 5. The summed E-state index contributed by atoms with van der Waals surface area (Å²) >= 11 is 0. The van der Waals surface area contributed by atoms with E-state index in [-0.39, 0.29) is 31.4 Å². The molecule has 0 aromatic rings. The number of amides is 1. The van der Waals surface area contributed by atoms with Crippen molar-refractivity contribution in [2.75, 3.05) is 19.8 Å². The topological polar surface area (TPSA) is 82.0 Å². The Kier molecular flexibility index (Phi) is 6.74. The van der Waals surface area contributed by atoms with E-state index in [4.69, 9.17) is 4.74 Å². The van der Waals surface area contributed by atoms with Gasteiger partial charge in [-0.3, -0.25) is 0 Å². The molecule has 3 N–H and O–H groups in total. The standard InChI is InChI=1S/C19H36N2O4/c1-18(2,3)25-17(24)21-11-7-10-16(21)14-8-5-6-9-15(14)20-19(4,12-22)13-23/h14-16,20,22-23H,5-13H2,1-4H3. The molecule has 1 amide bonds. The molecule has 2 aliphatic rings. The SMILES string of the molecule is CC(CO)(CO)NC1CCCCC1C1CCCN1C(=O)OC(C)(C)C. The van der Waals surface area contributed by atoms with Crippen LogP contribution in [0.25, 0.3) is 0 Å². The highest BCUT2D eigenvalue weighted by atomic mass is 16.6. The van der Waals surface area contributed by atoms with Crippen LogP contribution in [0.3, 0.4) is 0 Å². The van der Waals surface area contributed by atoms with Crippen molar-refractivity contribution in [3.8, 4) is 0 Å². The molecule has 2 fully saturated rings. The van der Waals surface area contributed by atoms with Crippen LogP contribution in [0.2, 0.25) is 0 Å². The van der Waals surface area contributed by atoms with Gasteiger partial charge in [-0.15, -0.1) is 0 Å². The third-order valence-corrected chi connectivity index (χ3v) is 5.47. The van der Waals surface area contributed by atoms with Crippen molar-refractivity contribution in [3.63, 3.8) is 0 Å². The molecule has 3 atom stereocenters. The second-order valence-corrected chi connectivity index (χ2v) is 8.96. The summed E-state index contributed by atoms with van der Waals surface area (Å²) < 4.78 is 5.61. The zero-order chi connectivity index (χ0) is 18.7. The lowest BCUT2D eigenvalue weighted by molar-refractivity contribution is 0.00933. The molecule has 1 aliphatic heterocycles. The summed E-state index contributed by atoms with van der Waals surface area (Å²) in [6.07, 6.45) is 6.16. The van der Waals surface area contributed by atoms with Crippen LogP contribution in [0.5, 0.6) is 0 Å². The van der Waals surface area contributed by atoms with E-state index < -0.39 is 11.1 Å². The number of aliphatic hydroxyl groups excluding tert-OH is 2. The average molecular weight is 357 g/mol. The van der Waals surface area contributed by atoms with Crippen LogP contribution < -0.4 is 5.32 Å². The van der Waals surface area contributed by atoms with Crippen LogP contribution in [0.1, 0.15) is 66.2 Å². The van der Waals surface area contributed by atoms with Gasteiger partial charge in [-0.05, 0) is 59.3 Å². The predicted octanol–water partition coefficient (Wildman–Crippen LogP) is 2.28. The van der Waals surface area contributed by atoms with Crippen molar-refractivity contribution in [3.05, 3.63) is 0 Å². The highest BCUT2D eigenvalue weighted by molar-refractivity contribution is 5.69. The Morgan fingerprint density at radius 1 is 1.08 bits per heavy atom. The van der Waals surface area contributed by atoms with Gasteiger partial charge < -0.3 is 25.2 Å². The molecule has 146 valence electrons. The predicted molar refractivity (Wildman–Crippen MR) is 97.4 cm³/mol. The third kappa shape index (κ3) is 5.31. The van der Waals surface area contributed by atoms with E-state index in [2.05, 4.69) is 5.32 Å². The minimum Gasteiger partial charge on any atom is -0.444 e. The van der Waals surface area contributed by atoms with Crippen molar-refractivity contribution in [1.82, 2.24) is 10.2 Å². The number of aliphatic hydroxyl groups is 2. The summed E-state index contributed by atoms with van der Waals surface area (Å²) in [5.74, 6) is 0.334. The van der Waals surface area contributed by atoms with Crippen molar-refractivity contribution in [2.24, 2.45) is 5.92 Å². The Morgan fingerprint density at radius 2 is 1.72 bits per heavy atom. The number of carbonyl (C=O) groups excluding carboxylic acids is 1. The lowest BCUT2D eigenvalue weighted by Gasteiger charge is -2.43. The molecule has 0 aromatic heterocycles. The second-order valence-electron chi connectivity index (χ2n) is 8.96. The fourth-order valence-electron chi connectivity index (χ4n) is 4.17. The third-order valence-electron chi connectivity index (χ3n) is 5.47. The van der Waals surface area contributed by atoms with E-state index in [1.807, 2.05) is 32.6 Å². The molecule has 0 bridgehead atoms. The van der Waals surface area contributed by atoms with E-state index in [0.717, 1.165) is 45.1 Å². The van der Waals surface area contributed by atoms with Crippen molar-refractivity contribution >= 4 is 6.09 Å². The smallest absolute Gasteiger partial charge is 0.410 e. The molecule has 2 rings (SSSR count). The zero-order valence-corrected chi connectivity index (χ0v) is 16.3. The number of ether oxygens (including phenoxy) is 1. The fraction of sp³-hybridized carbons (Fsp3) is 0.947. The maximum atomic E-state index is 12.6. The molecular weight excluding hydrogens is 320 g/mol. The Bertz CT molecular complexity index is 445.